The maximum Gasteiger partial charge on any atom is 0.400 e. The summed E-state index contributed by atoms with van der Waals surface area (Å²) >= 11 is 0. The van der Waals surface area contributed by atoms with Crippen LogP contribution in [0, 0.1) is 35.3 Å². The van der Waals surface area contributed by atoms with Crippen LogP contribution in [-0.2, 0) is 0 Å². The fourth-order valence-electron chi connectivity index (χ4n) is 8.48. The molecule has 2 aromatic rings. The van der Waals surface area contributed by atoms with Crippen molar-refractivity contribution in [3.05, 3.63) is 59.2 Å². The molecule has 5 rings (SSSR count). The third-order valence-corrected chi connectivity index (χ3v) is 11.1. The number of halogens is 4. The molecule has 3 aliphatic carbocycles. The minimum Gasteiger partial charge on any atom is -0.491 e. The zero-order valence-corrected chi connectivity index (χ0v) is 26.8. The van der Waals surface area contributed by atoms with Gasteiger partial charge in [-0.05, 0) is 143 Å². The lowest BCUT2D eigenvalue weighted by Crippen LogP contribution is -2.38. The van der Waals surface area contributed by atoms with E-state index in [9.17, 15) is 4.39 Å². The summed E-state index contributed by atoms with van der Waals surface area (Å²) in [5.41, 5.74) is 2.05. The Balaban J connectivity index is 1.06. The zero-order chi connectivity index (χ0) is 31.1. The summed E-state index contributed by atoms with van der Waals surface area (Å²) in [6.45, 7) is 4.29. The second-order valence-electron chi connectivity index (χ2n) is 13.9. The summed E-state index contributed by atoms with van der Waals surface area (Å²) in [6.07, 6.45) is 13.2. The molecule has 0 atom stereocenters. The van der Waals surface area contributed by atoms with Gasteiger partial charge in [0.05, 0.1) is 12.5 Å². The Labute approximate surface area is 262 Å². The fourth-order valence-corrected chi connectivity index (χ4v) is 8.48. The molecule has 2 aromatic carbocycles. The molecular formula is C38H52F4O2. The molecule has 3 saturated carbocycles. The molecule has 0 aliphatic heterocycles. The molecule has 0 radical (unpaired) electrons. The fraction of sp³-hybridized carbons (Fsp3) is 0.684. The van der Waals surface area contributed by atoms with Crippen LogP contribution >= 0.6 is 0 Å². The Bertz CT molecular complexity index is 1180. The highest BCUT2D eigenvalue weighted by molar-refractivity contribution is 5.33. The number of hydrogen-bond donors (Lipinski definition) is 0. The molecular weight excluding hydrogens is 564 g/mol. The predicted molar refractivity (Wildman–Crippen MR) is 169 cm³/mol. The monoisotopic (exact) mass is 616 g/mol. The van der Waals surface area contributed by atoms with Crippen molar-refractivity contribution in [2.24, 2.45) is 23.7 Å². The van der Waals surface area contributed by atoms with Crippen LogP contribution in [0.3, 0.4) is 0 Å². The summed E-state index contributed by atoms with van der Waals surface area (Å²) in [7, 11) is 0. The molecule has 6 heteroatoms. The third kappa shape index (κ3) is 8.31. The highest BCUT2D eigenvalue weighted by Crippen LogP contribution is 2.47. The van der Waals surface area contributed by atoms with Gasteiger partial charge in [-0.2, -0.15) is 8.78 Å². The standard InChI is InChI=1S/C38H52F4O2/c1-3-5-6-7-26-8-10-29(11-9-26)31-18-22-34(35(39)24-31)30-14-12-27(13-15-30)28-16-19-32(20-17-28)38(41,42)44-33-21-23-37(43-4-2)36(40)25-33/h18,21-30,32H,3-17,19-20H2,1-2H3. The first-order chi connectivity index (χ1) is 21.3. The van der Waals surface area contributed by atoms with Gasteiger partial charge in [0.15, 0.2) is 11.6 Å². The van der Waals surface area contributed by atoms with Crippen molar-refractivity contribution in [2.75, 3.05) is 6.61 Å². The number of ether oxygens (including phenoxy) is 2. The van der Waals surface area contributed by atoms with E-state index in [1.165, 1.54) is 69.1 Å². The minimum atomic E-state index is -3.35. The quantitative estimate of drug-likeness (QED) is 0.174. The maximum atomic E-state index is 15.4. The van der Waals surface area contributed by atoms with E-state index < -0.39 is 17.8 Å². The second kappa shape index (κ2) is 15.4. The van der Waals surface area contributed by atoms with Gasteiger partial charge in [-0.3, -0.25) is 0 Å². The number of benzene rings is 2. The first-order valence-corrected chi connectivity index (χ1v) is 17.6. The highest BCUT2D eigenvalue weighted by Gasteiger charge is 2.45. The van der Waals surface area contributed by atoms with E-state index in [1.807, 2.05) is 6.07 Å². The van der Waals surface area contributed by atoms with E-state index in [-0.39, 0.29) is 23.2 Å². The van der Waals surface area contributed by atoms with E-state index in [2.05, 4.69) is 19.1 Å². The van der Waals surface area contributed by atoms with Crippen molar-refractivity contribution >= 4 is 0 Å². The molecule has 0 aromatic heterocycles. The lowest BCUT2D eigenvalue weighted by atomic mass is 9.68. The van der Waals surface area contributed by atoms with Crippen molar-refractivity contribution in [1.29, 1.82) is 0 Å². The van der Waals surface area contributed by atoms with Crippen molar-refractivity contribution in [3.8, 4) is 11.5 Å². The molecule has 0 saturated heterocycles. The van der Waals surface area contributed by atoms with Gasteiger partial charge in [0.2, 0.25) is 0 Å². The molecule has 3 fully saturated rings. The van der Waals surface area contributed by atoms with Crippen LogP contribution in [0.1, 0.15) is 140 Å². The number of unbranched alkanes of at least 4 members (excludes halogenated alkanes) is 2. The summed E-state index contributed by atoms with van der Waals surface area (Å²) in [5, 5.41) is 0. The molecule has 44 heavy (non-hydrogen) atoms. The summed E-state index contributed by atoms with van der Waals surface area (Å²) in [4.78, 5) is 0. The smallest absolute Gasteiger partial charge is 0.400 e. The highest BCUT2D eigenvalue weighted by atomic mass is 19.3. The first kappa shape index (κ1) is 33.1. The van der Waals surface area contributed by atoms with Crippen LogP contribution < -0.4 is 9.47 Å². The van der Waals surface area contributed by atoms with Gasteiger partial charge in [-0.25, -0.2) is 8.78 Å². The van der Waals surface area contributed by atoms with Gasteiger partial charge in [0.25, 0.3) is 0 Å². The average molecular weight is 617 g/mol. The summed E-state index contributed by atoms with van der Waals surface area (Å²) in [5.74, 6) is 0.764. The van der Waals surface area contributed by atoms with E-state index in [0.29, 0.717) is 37.2 Å². The number of rotatable bonds is 12. The largest absolute Gasteiger partial charge is 0.491 e. The van der Waals surface area contributed by atoms with E-state index in [4.69, 9.17) is 9.47 Å². The lowest BCUT2D eigenvalue weighted by molar-refractivity contribution is -0.224. The van der Waals surface area contributed by atoms with Crippen LogP contribution in [0.15, 0.2) is 36.4 Å². The number of alkyl halides is 2. The van der Waals surface area contributed by atoms with E-state index in [1.54, 1.807) is 6.92 Å². The normalized spacial score (nSPS) is 28.0. The van der Waals surface area contributed by atoms with Crippen LogP contribution in [0.5, 0.6) is 11.5 Å². The lowest BCUT2D eigenvalue weighted by Gasteiger charge is -2.39. The first-order valence-electron chi connectivity index (χ1n) is 17.6. The van der Waals surface area contributed by atoms with Crippen LogP contribution in [-0.4, -0.2) is 12.7 Å². The molecule has 2 nitrogen and oxygen atoms in total. The van der Waals surface area contributed by atoms with Gasteiger partial charge in [-0.1, -0.05) is 44.7 Å². The van der Waals surface area contributed by atoms with Crippen molar-refractivity contribution in [3.63, 3.8) is 0 Å². The second-order valence-corrected chi connectivity index (χ2v) is 13.9. The Morgan fingerprint density at radius 3 is 1.98 bits per heavy atom. The van der Waals surface area contributed by atoms with Gasteiger partial charge in [0.1, 0.15) is 11.6 Å². The Morgan fingerprint density at radius 2 is 1.36 bits per heavy atom. The molecule has 0 heterocycles. The number of hydrogen-bond acceptors (Lipinski definition) is 2. The van der Waals surface area contributed by atoms with E-state index >= 15 is 13.2 Å². The van der Waals surface area contributed by atoms with Gasteiger partial charge >= 0.3 is 6.11 Å². The van der Waals surface area contributed by atoms with Crippen molar-refractivity contribution in [1.82, 2.24) is 0 Å². The van der Waals surface area contributed by atoms with Crippen molar-refractivity contribution < 1.29 is 27.0 Å². The topological polar surface area (TPSA) is 18.5 Å². The Kier molecular flexibility index (Phi) is 11.6. The molecule has 0 unspecified atom stereocenters. The molecule has 0 amide bonds. The molecule has 3 aliphatic rings. The molecule has 0 spiro atoms. The molecule has 0 bridgehead atoms. The SMILES string of the molecule is CCCCCC1CCC(c2ccc(C3CCC(C4CCC(C(F)(F)Oc5ccc(OCC)c(F)c5)CC4)CC3)c(F)c2)CC1. The Hall–Kier alpha value is -2.24. The van der Waals surface area contributed by atoms with Crippen LogP contribution in [0.4, 0.5) is 17.6 Å². The minimum absolute atomic E-state index is 0.0312. The summed E-state index contributed by atoms with van der Waals surface area (Å²) in [6, 6.07) is 9.72. The van der Waals surface area contributed by atoms with Gasteiger partial charge < -0.3 is 9.47 Å². The third-order valence-electron chi connectivity index (χ3n) is 11.1. The zero-order valence-electron chi connectivity index (χ0n) is 26.8. The predicted octanol–water partition coefficient (Wildman–Crippen LogP) is 12.0. The van der Waals surface area contributed by atoms with E-state index in [0.717, 1.165) is 56.1 Å². The summed E-state index contributed by atoms with van der Waals surface area (Å²) < 4.78 is 69.8. The molecule has 244 valence electrons. The average Bonchev–Trinajstić information content (AvgIpc) is 3.03. The van der Waals surface area contributed by atoms with Crippen LogP contribution in [0.2, 0.25) is 0 Å². The van der Waals surface area contributed by atoms with Crippen molar-refractivity contribution in [2.45, 2.75) is 135 Å². The Morgan fingerprint density at radius 1 is 0.705 bits per heavy atom. The maximum absolute atomic E-state index is 15.4. The molecule has 0 N–H and O–H groups in total. The van der Waals surface area contributed by atoms with Crippen LogP contribution in [0.25, 0.3) is 0 Å². The van der Waals surface area contributed by atoms with Gasteiger partial charge in [-0.15, -0.1) is 0 Å². The van der Waals surface area contributed by atoms with Gasteiger partial charge in [0, 0.05) is 6.07 Å².